The van der Waals surface area contributed by atoms with Crippen molar-refractivity contribution in [2.45, 2.75) is 26.4 Å². The summed E-state index contributed by atoms with van der Waals surface area (Å²) < 4.78 is 7.42. The van der Waals surface area contributed by atoms with Gasteiger partial charge in [0.25, 0.3) is 0 Å². The summed E-state index contributed by atoms with van der Waals surface area (Å²) in [5, 5.41) is 9.33. The third kappa shape index (κ3) is 2.57. The van der Waals surface area contributed by atoms with Gasteiger partial charge in [0.05, 0.1) is 24.0 Å². The van der Waals surface area contributed by atoms with Crippen LogP contribution >= 0.6 is 0 Å². The first-order chi connectivity index (χ1) is 11.2. The van der Waals surface area contributed by atoms with Crippen LogP contribution in [0, 0.1) is 6.92 Å². The predicted octanol–water partition coefficient (Wildman–Crippen LogP) is 2.91. The Morgan fingerprint density at radius 3 is 2.96 bits per heavy atom. The third-order valence-electron chi connectivity index (χ3n) is 4.38. The van der Waals surface area contributed by atoms with Gasteiger partial charge in [-0.1, -0.05) is 0 Å². The van der Waals surface area contributed by atoms with E-state index in [2.05, 4.69) is 35.1 Å². The molecule has 5 heteroatoms. The number of hydrogen-bond donors (Lipinski definition) is 1. The largest absolute Gasteiger partial charge is 0.497 e. The molecular formula is C18H20N4O. The van der Waals surface area contributed by atoms with Gasteiger partial charge in [0.2, 0.25) is 0 Å². The molecule has 0 unspecified atom stereocenters. The van der Waals surface area contributed by atoms with Crippen molar-refractivity contribution in [3.63, 3.8) is 0 Å². The number of aromatic nitrogens is 3. The van der Waals surface area contributed by atoms with Crippen molar-refractivity contribution in [2.24, 2.45) is 0 Å². The normalized spacial score (nSPS) is 14.5. The maximum atomic E-state index is 5.32. The molecule has 1 aliphatic heterocycles. The fourth-order valence-corrected chi connectivity index (χ4v) is 3.13. The second kappa shape index (κ2) is 5.66. The fourth-order valence-electron chi connectivity index (χ4n) is 3.13. The molecule has 1 aliphatic rings. The van der Waals surface area contributed by atoms with E-state index in [4.69, 9.17) is 14.8 Å². The first-order valence-corrected chi connectivity index (χ1v) is 7.98. The summed E-state index contributed by atoms with van der Waals surface area (Å²) in [5.41, 5.74) is 5.23. The highest BCUT2D eigenvalue weighted by Crippen LogP contribution is 2.27. The highest BCUT2D eigenvalue weighted by molar-refractivity contribution is 5.85. The maximum Gasteiger partial charge on any atom is 0.121 e. The Bertz CT molecular complexity index is 845. The average molecular weight is 308 g/mol. The first kappa shape index (κ1) is 14.2. The number of rotatable bonds is 2. The zero-order valence-electron chi connectivity index (χ0n) is 13.5. The quantitative estimate of drug-likeness (QED) is 0.791. The van der Waals surface area contributed by atoms with E-state index in [1.165, 1.54) is 11.3 Å². The number of methoxy groups -OCH3 is 1. The number of aryl methyl sites for hydroxylation is 2. The average Bonchev–Trinajstić information content (AvgIpc) is 2.85. The van der Waals surface area contributed by atoms with Crippen LogP contribution in [0.1, 0.15) is 17.7 Å². The number of ether oxygens (including phenoxy) is 1. The van der Waals surface area contributed by atoms with Crippen molar-refractivity contribution in [3.8, 4) is 17.1 Å². The third-order valence-corrected chi connectivity index (χ3v) is 4.38. The van der Waals surface area contributed by atoms with E-state index >= 15 is 0 Å². The lowest BCUT2D eigenvalue weighted by Crippen LogP contribution is -2.11. The van der Waals surface area contributed by atoms with Gasteiger partial charge in [-0.25, -0.2) is 4.98 Å². The molecule has 0 spiro atoms. The van der Waals surface area contributed by atoms with Crippen molar-refractivity contribution < 1.29 is 4.74 Å². The van der Waals surface area contributed by atoms with E-state index in [0.29, 0.717) is 0 Å². The zero-order chi connectivity index (χ0) is 15.8. The van der Waals surface area contributed by atoms with Gasteiger partial charge < -0.3 is 10.1 Å². The van der Waals surface area contributed by atoms with Gasteiger partial charge in [-0.05, 0) is 49.7 Å². The van der Waals surface area contributed by atoms with Crippen molar-refractivity contribution in [3.05, 3.63) is 41.6 Å². The summed E-state index contributed by atoms with van der Waals surface area (Å²) >= 11 is 0. The molecule has 118 valence electrons. The van der Waals surface area contributed by atoms with E-state index in [9.17, 15) is 0 Å². The SMILES string of the molecule is COc1ccc2c(C)cc(-c3cc4n(n3)CCCNC4)nc2c1. The summed E-state index contributed by atoms with van der Waals surface area (Å²) in [6.45, 7) is 4.99. The van der Waals surface area contributed by atoms with Crippen LogP contribution in [0.2, 0.25) is 0 Å². The Morgan fingerprint density at radius 2 is 2.09 bits per heavy atom. The predicted molar refractivity (Wildman–Crippen MR) is 90.6 cm³/mol. The molecule has 23 heavy (non-hydrogen) atoms. The molecule has 0 amide bonds. The summed E-state index contributed by atoms with van der Waals surface area (Å²) in [6, 6.07) is 10.3. The number of pyridine rings is 1. The van der Waals surface area contributed by atoms with Crippen LogP contribution in [0.5, 0.6) is 5.75 Å². The van der Waals surface area contributed by atoms with Gasteiger partial charge in [0.15, 0.2) is 0 Å². The van der Waals surface area contributed by atoms with E-state index in [-0.39, 0.29) is 0 Å². The Labute approximate surface area is 135 Å². The maximum absolute atomic E-state index is 5.32. The molecule has 0 atom stereocenters. The lowest BCUT2D eigenvalue weighted by atomic mass is 10.1. The molecule has 2 aromatic heterocycles. The molecule has 0 saturated heterocycles. The van der Waals surface area contributed by atoms with E-state index in [1.54, 1.807) is 7.11 Å². The molecule has 3 aromatic rings. The Kier molecular flexibility index (Phi) is 3.50. The molecule has 0 radical (unpaired) electrons. The minimum atomic E-state index is 0.825. The minimum Gasteiger partial charge on any atom is -0.497 e. The monoisotopic (exact) mass is 308 g/mol. The minimum absolute atomic E-state index is 0.825. The van der Waals surface area contributed by atoms with Gasteiger partial charge in [-0.2, -0.15) is 5.10 Å². The first-order valence-electron chi connectivity index (χ1n) is 7.98. The van der Waals surface area contributed by atoms with Crippen LogP contribution < -0.4 is 10.1 Å². The smallest absolute Gasteiger partial charge is 0.121 e. The van der Waals surface area contributed by atoms with Crippen LogP contribution in [0.25, 0.3) is 22.3 Å². The van der Waals surface area contributed by atoms with Crippen LogP contribution in [0.4, 0.5) is 0 Å². The molecule has 0 saturated carbocycles. The fraction of sp³-hybridized carbons (Fsp3) is 0.333. The van der Waals surface area contributed by atoms with Gasteiger partial charge in [-0.15, -0.1) is 0 Å². The van der Waals surface area contributed by atoms with Gasteiger partial charge >= 0.3 is 0 Å². The highest BCUT2D eigenvalue weighted by Gasteiger charge is 2.14. The molecule has 5 nitrogen and oxygen atoms in total. The number of hydrogen-bond acceptors (Lipinski definition) is 4. The van der Waals surface area contributed by atoms with E-state index in [0.717, 1.165) is 54.1 Å². The van der Waals surface area contributed by atoms with Crippen LogP contribution in [-0.4, -0.2) is 28.4 Å². The van der Waals surface area contributed by atoms with Crippen molar-refractivity contribution in [2.75, 3.05) is 13.7 Å². The highest BCUT2D eigenvalue weighted by atomic mass is 16.5. The summed E-state index contributed by atoms with van der Waals surface area (Å²) in [5.74, 6) is 0.825. The molecule has 3 heterocycles. The number of nitrogens with zero attached hydrogens (tertiary/aromatic N) is 3. The molecule has 1 aromatic carbocycles. The summed E-state index contributed by atoms with van der Waals surface area (Å²) in [4.78, 5) is 4.81. The topological polar surface area (TPSA) is 52.0 Å². The van der Waals surface area contributed by atoms with E-state index in [1.807, 2.05) is 12.1 Å². The number of nitrogens with one attached hydrogen (secondary N) is 1. The van der Waals surface area contributed by atoms with Gasteiger partial charge in [0, 0.05) is 24.5 Å². The van der Waals surface area contributed by atoms with Crippen LogP contribution in [0.15, 0.2) is 30.3 Å². The molecular weight excluding hydrogens is 288 g/mol. The van der Waals surface area contributed by atoms with Gasteiger partial charge in [-0.3, -0.25) is 4.68 Å². The molecule has 0 fully saturated rings. The standard InChI is InChI=1S/C18H20N4O/c1-12-8-17(20-16-10-14(23-2)4-5-15(12)16)18-9-13-11-19-6-3-7-22(13)21-18/h4-5,8-10,19H,3,6-7,11H2,1-2H3. The lowest BCUT2D eigenvalue weighted by molar-refractivity contribution is 0.415. The lowest BCUT2D eigenvalue weighted by Gasteiger charge is -2.07. The zero-order valence-corrected chi connectivity index (χ0v) is 13.5. The second-order valence-electron chi connectivity index (χ2n) is 5.98. The van der Waals surface area contributed by atoms with Crippen molar-refractivity contribution in [1.29, 1.82) is 0 Å². The Balaban J connectivity index is 1.82. The molecule has 4 rings (SSSR count). The number of fused-ring (bicyclic) bond motifs is 2. The van der Waals surface area contributed by atoms with Crippen LogP contribution in [0.3, 0.4) is 0 Å². The molecule has 0 bridgehead atoms. The Morgan fingerprint density at radius 1 is 1.17 bits per heavy atom. The van der Waals surface area contributed by atoms with E-state index < -0.39 is 0 Å². The van der Waals surface area contributed by atoms with Crippen molar-refractivity contribution in [1.82, 2.24) is 20.1 Å². The molecule has 1 N–H and O–H groups in total. The Hall–Kier alpha value is -2.40. The summed E-state index contributed by atoms with van der Waals surface area (Å²) in [7, 11) is 1.68. The number of benzene rings is 1. The van der Waals surface area contributed by atoms with Crippen molar-refractivity contribution >= 4 is 10.9 Å². The second-order valence-corrected chi connectivity index (χ2v) is 5.98. The van der Waals surface area contributed by atoms with Crippen LogP contribution in [-0.2, 0) is 13.1 Å². The van der Waals surface area contributed by atoms with Gasteiger partial charge in [0.1, 0.15) is 11.4 Å². The summed E-state index contributed by atoms with van der Waals surface area (Å²) in [6.07, 6.45) is 1.11. The molecule has 0 aliphatic carbocycles.